The zero-order chi connectivity index (χ0) is 66.3. The van der Waals surface area contributed by atoms with Gasteiger partial charge >= 0.3 is 0 Å². The highest BCUT2D eigenvalue weighted by molar-refractivity contribution is 5.98. The molecule has 0 spiro atoms. The Balaban J connectivity index is 0.958. The fourth-order valence-electron chi connectivity index (χ4n) is 17.6. The summed E-state index contributed by atoms with van der Waals surface area (Å²) in [5.41, 5.74) is 35.7. The third kappa shape index (κ3) is 8.55. The molecule has 0 saturated heterocycles. The zero-order valence-electron chi connectivity index (χ0n) is 59.4. The first-order valence-electron chi connectivity index (χ1n) is 34.7. The second-order valence-electron chi connectivity index (χ2n) is 34.7. The maximum absolute atomic E-state index is 2.75. The van der Waals surface area contributed by atoms with Crippen molar-refractivity contribution in [2.45, 2.75) is 194 Å². The summed E-state index contributed by atoms with van der Waals surface area (Å²) < 4.78 is 0. The number of anilines is 8. The van der Waals surface area contributed by atoms with Crippen molar-refractivity contribution in [1.82, 2.24) is 0 Å². The first-order chi connectivity index (χ1) is 44.2. The molecule has 0 radical (unpaired) electrons. The van der Waals surface area contributed by atoms with E-state index in [0.717, 1.165) is 0 Å². The van der Waals surface area contributed by atoms with E-state index in [-0.39, 0.29) is 55.7 Å². The molecular weight excluding hydrogens is 1140 g/mol. The standard InChI is InChI=1S/C90H94N4/c1-83(2,3)53-29-37-61-65-41-33-57(49-73(65)87(13,14)69(61)45-53)91-77-25-21-22-26-78(77)92(58-34-42-66-62-38-30-54(84(4,5)6)46-70(62)88(15,16)74(66)50-58)81(91)82-93(59-35-43-67-63-39-31-55(85(7,8)9)47-71(63)89(17,18)75(67)51-59)79-27-23-24-28-80(79)94(82)60-36-44-68-64-40-32-56(86(10,11)12)48-72(64)90(19,20)76(68)52-60/h21-52,81-82H,1-20H3. The third-order valence-corrected chi connectivity index (χ3v) is 23.3. The minimum Gasteiger partial charge on any atom is -0.314 e. The first kappa shape index (κ1) is 60.3. The summed E-state index contributed by atoms with van der Waals surface area (Å²) in [4.78, 5) is 11.0. The van der Waals surface area contributed by atoms with Crippen LogP contribution in [0.2, 0.25) is 0 Å². The molecule has 10 aromatic carbocycles. The number of hydrogen-bond donors (Lipinski definition) is 0. The van der Waals surface area contributed by atoms with E-state index in [0.29, 0.717) is 0 Å². The van der Waals surface area contributed by atoms with Gasteiger partial charge in [0.1, 0.15) is 0 Å². The molecule has 94 heavy (non-hydrogen) atoms. The van der Waals surface area contributed by atoms with Crippen molar-refractivity contribution in [3.05, 3.63) is 261 Å². The minimum atomic E-state index is -0.361. The summed E-state index contributed by atoms with van der Waals surface area (Å²) in [6, 6.07) is 77.7. The lowest BCUT2D eigenvalue weighted by molar-refractivity contribution is 0.548. The molecule has 0 amide bonds. The van der Waals surface area contributed by atoms with E-state index in [1.165, 1.54) is 157 Å². The normalized spacial score (nSPS) is 17.5. The molecule has 6 aliphatic rings. The Morgan fingerprint density at radius 1 is 0.223 bits per heavy atom. The highest BCUT2D eigenvalue weighted by Gasteiger charge is 2.54. The van der Waals surface area contributed by atoms with Gasteiger partial charge in [0.2, 0.25) is 0 Å². The van der Waals surface area contributed by atoms with E-state index in [1.54, 1.807) is 0 Å². The molecule has 4 heteroatoms. The Bertz CT molecular complexity index is 4270. The third-order valence-electron chi connectivity index (χ3n) is 23.3. The Labute approximate surface area is 561 Å². The van der Waals surface area contributed by atoms with E-state index in [1.807, 2.05) is 0 Å². The van der Waals surface area contributed by atoms with Crippen LogP contribution in [-0.4, -0.2) is 12.3 Å². The van der Waals surface area contributed by atoms with Crippen molar-refractivity contribution >= 4 is 45.5 Å². The number of fused-ring (bicyclic) bond motifs is 14. The van der Waals surface area contributed by atoms with Crippen LogP contribution in [0.5, 0.6) is 0 Å². The van der Waals surface area contributed by atoms with Crippen LogP contribution in [0.4, 0.5) is 45.5 Å². The van der Waals surface area contributed by atoms with Crippen LogP contribution < -0.4 is 19.6 Å². The summed E-state index contributed by atoms with van der Waals surface area (Å²) in [6.07, 6.45) is -0.722. The number of hydrogen-bond acceptors (Lipinski definition) is 4. The summed E-state index contributed by atoms with van der Waals surface area (Å²) in [6.45, 7) is 47.7. The van der Waals surface area contributed by atoms with Crippen molar-refractivity contribution in [2.24, 2.45) is 0 Å². The predicted octanol–water partition coefficient (Wildman–Crippen LogP) is 24.0. The van der Waals surface area contributed by atoms with Gasteiger partial charge in [-0.05, 0) is 206 Å². The Kier molecular flexibility index (Phi) is 12.5. The molecule has 10 aromatic rings. The van der Waals surface area contributed by atoms with Gasteiger partial charge in [0.15, 0.2) is 12.3 Å². The average Bonchev–Trinajstić information content (AvgIpc) is 1.54. The van der Waals surface area contributed by atoms with Gasteiger partial charge in [-0.25, -0.2) is 0 Å². The highest BCUT2D eigenvalue weighted by Crippen LogP contribution is 2.62. The number of benzene rings is 10. The quantitative estimate of drug-likeness (QED) is 0.170. The first-order valence-corrected chi connectivity index (χ1v) is 34.7. The van der Waals surface area contributed by atoms with Gasteiger partial charge in [-0.2, -0.15) is 0 Å². The van der Waals surface area contributed by atoms with E-state index in [9.17, 15) is 0 Å². The van der Waals surface area contributed by atoms with Crippen LogP contribution in [0.25, 0.3) is 44.5 Å². The Morgan fingerprint density at radius 2 is 0.394 bits per heavy atom. The fourth-order valence-corrected chi connectivity index (χ4v) is 17.6. The van der Waals surface area contributed by atoms with Crippen LogP contribution in [-0.2, 0) is 43.3 Å². The van der Waals surface area contributed by atoms with Crippen LogP contribution >= 0.6 is 0 Å². The van der Waals surface area contributed by atoms with Crippen molar-refractivity contribution in [2.75, 3.05) is 19.6 Å². The fraction of sp³-hybridized carbons (Fsp3) is 0.333. The molecule has 0 bridgehead atoms. The highest BCUT2D eigenvalue weighted by atomic mass is 15.5. The summed E-state index contributed by atoms with van der Waals surface area (Å²) in [5, 5.41) is 0. The predicted molar refractivity (Wildman–Crippen MR) is 400 cm³/mol. The van der Waals surface area contributed by atoms with Gasteiger partial charge in [-0.3, -0.25) is 0 Å². The van der Waals surface area contributed by atoms with Crippen LogP contribution in [0.15, 0.2) is 194 Å². The lowest BCUT2D eigenvalue weighted by Gasteiger charge is -2.45. The van der Waals surface area contributed by atoms with E-state index in [2.05, 4.69) is 352 Å². The maximum atomic E-state index is 2.75. The molecule has 2 heterocycles. The SMILES string of the molecule is CC(C)(C)c1ccc2c(c1)C(C)(C)c1cc(N3c4ccccc4N(c4ccc5c(c4)C(C)(C)c4cc(C(C)(C)C)ccc4-5)C3C3N(c4ccc5c(c4)C(C)(C)c4cc(C(C)(C)C)ccc4-5)c4ccccc4N3c3ccc4c(c3)C(C)(C)c3cc(C(C)(C)C)ccc3-4)ccc1-2. The smallest absolute Gasteiger partial charge is 0.151 e. The second-order valence-corrected chi connectivity index (χ2v) is 34.7. The van der Waals surface area contributed by atoms with E-state index >= 15 is 0 Å². The average molecular weight is 1230 g/mol. The molecular formula is C90H94N4. The van der Waals surface area contributed by atoms with Crippen LogP contribution in [0.3, 0.4) is 0 Å². The summed E-state index contributed by atoms with van der Waals surface area (Å²) in [7, 11) is 0. The van der Waals surface area contributed by atoms with Crippen molar-refractivity contribution in [3.8, 4) is 44.5 Å². The molecule has 474 valence electrons. The topological polar surface area (TPSA) is 13.0 Å². The van der Waals surface area contributed by atoms with Gasteiger partial charge in [0.25, 0.3) is 0 Å². The zero-order valence-corrected chi connectivity index (χ0v) is 59.4. The van der Waals surface area contributed by atoms with E-state index in [4.69, 9.17) is 0 Å². The molecule has 0 N–H and O–H groups in total. The van der Waals surface area contributed by atoms with Gasteiger partial charge in [0.05, 0.1) is 22.7 Å². The Hall–Kier alpha value is -8.60. The molecule has 0 saturated carbocycles. The molecule has 0 unspecified atom stereocenters. The van der Waals surface area contributed by atoms with Gasteiger partial charge in [-0.1, -0.05) is 260 Å². The molecule has 0 atom stereocenters. The molecule has 0 aromatic heterocycles. The number of nitrogens with zero attached hydrogens (tertiary/aromatic N) is 4. The van der Waals surface area contributed by atoms with Crippen molar-refractivity contribution in [1.29, 1.82) is 0 Å². The maximum Gasteiger partial charge on any atom is 0.151 e. The van der Waals surface area contributed by atoms with Crippen molar-refractivity contribution < 1.29 is 0 Å². The Morgan fingerprint density at radius 3 is 0.574 bits per heavy atom. The molecule has 2 aliphatic heterocycles. The molecule has 16 rings (SSSR count). The summed E-state index contributed by atoms with van der Waals surface area (Å²) >= 11 is 0. The van der Waals surface area contributed by atoms with Gasteiger partial charge < -0.3 is 19.6 Å². The van der Waals surface area contributed by atoms with Gasteiger partial charge in [-0.15, -0.1) is 0 Å². The van der Waals surface area contributed by atoms with E-state index < -0.39 is 0 Å². The van der Waals surface area contributed by atoms with Crippen molar-refractivity contribution in [3.63, 3.8) is 0 Å². The van der Waals surface area contributed by atoms with Crippen LogP contribution in [0, 0.1) is 0 Å². The minimum absolute atomic E-state index is 0.0191. The van der Waals surface area contributed by atoms with Gasteiger partial charge in [0, 0.05) is 44.4 Å². The second kappa shape index (κ2) is 19.5. The lowest BCUT2D eigenvalue weighted by atomic mass is 9.79. The molecule has 4 aliphatic carbocycles. The number of para-hydroxylation sites is 4. The largest absolute Gasteiger partial charge is 0.314 e. The van der Waals surface area contributed by atoms with Crippen LogP contribution in [0.1, 0.15) is 205 Å². The summed E-state index contributed by atoms with van der Waals surface area (Å²) in [5.74, 6) is 0. The molecule has 0 fully saturated rings. The monoisotopic (exact) mass is 1230 g/mol. The number of rotatable bonds is 5. The molecule has 4 nitrogen and oxygen atoms in total. The lowest BCUT2D eigenvalue weighted by Crippen LogP contribution is -2.58.